The average molecular weight is 457 g/mol. The molecule has 0 heterocycles. The molecule has 0 aliphatic carbocycles. The lowest BCUT2D eigenvalue weighted by Crippen LogP contribution is -2.11. The number of carbonyl (C=O) groups excluding carboxylic acids is 2. The van der Waals surface area contributed by atoms with Crippen molar-refractivity contribution in [3.05, 3.63) is 0 Å². The van der Waals surface area contributed by atoms with Crippen LogP contribution in [0.25, 0.3) is 0 Å². The molecular formula is C27H52O3S. The summed E-state index contributed by atoms with van der Waals surface area (Å²) in [7, 11) is 1.44. The number of ether oxygens (including phenoxy) is 1. The van der Waals surface area contributed by atoms with Gasteiger partial charge >= 0.3 is 5.97 Å². The molecule has 31 heavy (non-hydrogen) atoms. The Morgan fingerprint density at radius 2 is 1.19 bits per heavy atom. The highest BCUT2D eigenvalue weighted by Gasteiger charge is 2.14. The molecule has 0 aliphatic heterocycles. The van der Waals surface area contributed by atoms with E-state index in [1.54, 1.807) is 0 Å². The zero-order valence-electron chi connectivity index (χ0n) is 21.1. The third-order valence-electron chi connectivity index (χ3n) is 6.00. The summed E-state index contributed by atoms with van der Waals surface area (Å²) in [5.41, 5.74) is 0. The predicted molar refractivity (Wildman–Crippen MR) is 137 cm³/mol. The van der Waals surface area contributed by atoms with Crippen molar-refractivity contribution in [3.8, 4) is 0 Å². The SMILES string of the molecule is CCCCCCCCSC(CCCCCCC)CC(=O)CCCCCCCC(=O)OC. The van der Waals surface area contributed by atoms with E-state index in [-0.39, 0.29) is 5.97 Å². The number of rotatable bonds is 24. The maximum atomic E-state index is 12.5. The molecule has 0 bridgehead atoms. The van der Waals surface area contributed by atoms with E-state index >= 15 is 0 Å². The van der Waals surface area contributed by atoms with Gasteiger partial charge in [-0.1, -0.05) is 97.3 Å². The second-order valence-corrected chi connectivity index (χ2v) is 10.5. The van der Waals surface area contributed by atoms with Crippen LogP contribution in [-0.4, -0.2) is 29.9 Å². The molecule has 1 atom stereocenters. The van der Waals surface area contributed by atoms with E-state index in [2.05, 4.69) is 30.3 Å². The molecule has 0 amide bonds. The monoisotopic (exact) mass is 456 g/mol. The number of methoxy groups -OCH3 is 1. The first-order chi connectivity index (χ1) is 15.1. The number of hydrogen-bond acceptors (Lipinski definition) is 4. The fourth-order valence-electron chi connectivity index (χ4n) is 3.93. The molecule has 0 radical (unpaired) electrons. The van der Waals surface area contributed by atoms with Crippen LogP contribution in [-0.2, 0) is 14.3 Å². The number of hydrogen-bond donors (Lipinski definition) is 0. The molecule has 0 aromatic carbocycles. The summed E-state index contributed by atoms with van der Waals surface area (Å²) in [4.78, 5) is 23.6. The minimum Gasteiger partial charge on any atom is -0.469 e. The number of ketones is 1. The zero-order chi connectivity index (χ0) is 23.0. The van der Waals surface area contributed by atoms with E-state index in [0.717, 1.165) is 44.9 Å². The first-order valence-electron chi connectivity index (χ1n) is 13.3. The van der Waals surface area contributed by atoms with Gasteiger partial charge in [-0.2, -0.15) is 11.8 Å². The van der Waals surface area contributed by atoms with Crippen molar-refractivity contribution in [1.82, 2.24) is 0 Å². The first kappa shape index (κ1) is 30.5. The topological polar surface area (TPSA) is 43.4 Å². The second kappa shape index (κ2) is 24.1. The van der Waals surface area contributed by atoms with E-state index in [1.807, 2.05) is 0 Å². The molecule has 0 N–H and O–H groups in total. The summed E-state index contributed by atoms with van der Waals surface area (Å²) in [5.74, 6) is 1.57. The smallest absolute Gasteiger partial charge is 0.305 e. The summed E-state index contributed by atoms with van der Waals surface area (Å²) < 4.78 is 4.66. The van der Waals surface area contributed by atoms with Gasteiger partial charge in [0.15, 0.2) is 0 Å². The Labute approximate surface area is 198 Å². The first-order valence-corrected chi connectivity index (χ1v) is 14.4. The van der Waals surface area contributed by atoms with E-state index < -0.39 is 0 Å². The fraction of sp³-hybridized carbons (Fsp3) is 0.926. The van der Waals surface area contributed by atoms with Gasteiger partial charge in [0.05, 0.1) is 7.11 Å². The number of thioether (sulfide) groups is 1. The summed E-state index contributed by atoms with van der Waals surface area (Å²) >= 11 is 2.07. The van der Waals surface area contributed by atoms with Gasteiger partial charge in [0, 0.05) is 24.5 Å². The van der Waals surface area contributed by atoms with Crippen molar-refractivity contribution in [2.45, 2.75) is 148 Å². The van der Waals surface area contributed by atoms with Crippen LogP contribution >= 0.6 is 11.8 Å². The molecule has 0 saturated carbocycles. The third kappa shape index (κ3) is 22.5. The van der Waals surface area contributed by atoms with Crippen LogP contribution in [0, 0.1) is 0 Å². The Hall–Kier alpha value is -0.510. The van der Waals surface area contributed by atoms with Gasteiger partial charge in [-0.25, -0.2) is 0 Å². The second-order valence-electron chi connectivity index (χ2n) is 9.05. The van der Waals surface area contributed by atoms with Gasteiger partial charge < -0.3 is 4.74 Å². The predicted octanol–water partition coefficient (Wildman–Crippen LogP) is 8.67. The molecule has 0 aromatic heterocycles. The van der Waals surface area contributed by atoms with Crippen LogP contribution in [0.4, 0.5) is 0 Å². The zero-order valence-corrected chi connectivity index (χ0v) is 21.9. The molecule has 3 nitrogen and oxygen atoms in total. The van der Waals surface area contributed by atoms with Crippen LogP contribution < -0.4 is 0 Å². The van der Waals surface area contributed by atoms with Gasteiger partial charge in [0.1, 0.15) is 5.78 Å². The van der Waals surface area contributed by atoms with E-state index in [9.17, 15) is 9.59 Å². The number of carbonyl (C=O) groups is 2. The lowest BCUT2D eigenvalue weighted by atomic mass is 10.0. The van der Waals surface area contributed by atoms with E-state index in [4.69, 9.17) is 0 Å². The number of esters is 1. The quantitative estimate of drug-likeness (QED) is 0.108. The Balaban J connectivity index is 3.98. The summed E-state index contributed by atoms with van der Waals surface area (Å²) in [6.45, 7) is 4.53. The molecule has 0 rings (SSSR count). The van der Waals surface area contributed by atoms with Gasteiger partial charge in [-0.3, -0.25) is 9.59 Å². The molecule has 0 aromatic rings. The Morgan fingerprint density at radius 1 is 0.677 bits per heavy atom. The largest absolute Gasteiger partial charge is 0.469 e. The van der Waals surface area contributed by atoms with Crippen LogP contribution in [0.3, 0.4) is 0 Å². The van der Waals surface area contributed by atoms with Crippen molar-refractivity contribution >= 4 is 23.5 Å². The summed E-state index contributed by atoms with van der Waals surface area (Å²) in [5, 5.41) is 0.532. The minimum atomic E-state index is -0.116. The maximum Gasteiger partial charge on any atom is 0.305 e. The Bertz CT molecular complexity index is 411. The van der Waals surface area contributed by atoms with E-state index in [1.165, 1.54) is 89.9 Å². The molecule has 0 saturated heterocycles. The van der Waals surface area contributed by atoms with Gasteiger partial charge in [0.25, 0.3) is 0 Å². The Morgan fingerprint density at radius 3 is 1.81 bits per heavy atom. The summed E-state index contributed by atoms with van der Waals surface area (Å²) in [6, 6.07) is 0. The average Bonchev–Trinajstić information content (AvgIpc) is 2.77. The molecule has 4 heteroatoms. The molecule has 0 fully saturated rings. The van der Waals surface area contributed by atoms with Gasteiger partial charge in [-0.15, -0.1) is 0 Å². The fourth-order valence-corrected chi connectivity index (χ4v) is 5.27. The highest BCUT2D eigenvalue weighted by atomic mass is 32.2. The highest BCUT2D eigenvalue weighted by Crippen LogP contribution is 2.25. The van der Waals surface area contributed by atoms with Gasteiger partial charge in [0.2, 0.25) is 0 Å². The lowest BCUT2D eigenvalue weighted by molar-refractivity contribution is -0.140. The number of unbranched alkanes of at least 4 members (excludes halogenated alkanes) is 13. The van der Waals surface area contributed by atoms with Crippen LogP contribution in [0.15, 0.2) is 0 Å². The van der Waals surface area contributed by atoms with Crippen molar-refractivity contribution in [1.29, 1.82) is 0 Å². The molecular weight excluding hydrogens is 404 g/mol. The summed E-state index contributed by atoms with van der Waals surface area (Å²) in [6.07, 6.45) is 23.1. The normalized spacial score (nSPS) is 12.1. The maximum absolute atomic E-state index is 12.5. The minimum absolute atomic E-state index is 0.116. The van der Waals surface area contributed by atoms with Crippen molar-refractivity contribution in [2.24, 2.45) is 0 Å². The standard InChI is InChI=1S/C27H52O3S/c1-4-6-8-10-15-19-23-31-26(21-17-12-9-7-5-2)24-25(28)20-16-13-11-14-18-22-27(29)30-3/h26H,4-24H2,1-3H3. The number of Topliss-reactive ketones (excluding diaryl/α,β-unsaturated/α-hetero) is 1. The molecule has 0 spiro atoms. The van der Waals surface area contributed by atoms with Crippen LogP contribution in [0.5, 0.6) is 0 Å². The van der Waals surface area contributed by atoms with Crippen LogP contribution in [0.1, 0.15) is 142 Å². The van der Waals surface area contributed by atoms with Crippen molar-refractivity contribution in [2.75, 3.05) is 12.9 Å². The molecule has 1 unspecified atom stereocenters. The molecule has 184 valence electrons. The molecule has 0 aliphatic rings. The Kier molecular flexibility index (Phi) is 23.7. The van der Waals surface area contributed by atoms with Crippen LogP contribution in [0.2, 0.25) is 0 Å². The van der Waals surface area contributed by atoms with Gasteiger partial charge in [-0.05, 0) is 31.4 Å². The van der Waals surface area contributed by atoms with Crippen molar-refractivity contribution in [3.63, 3.8) is 0 Å². The van der Waals surface area contributed by atoms with Crippen molar-refractivity contribution < 1.29 is 14.3 Å². The highest BCUT2D eigenvalue weighted by molar-refractivity contribution is 7.99. The van der Waals surface area contributed by atoms with E-state index in [0.29, 0.717) is 17.5 Å². The lowest BCUT2D eigenvalue weighted by Gasteiger charge is -2.16. The third-order valence-corrected chi connectivity index (χ3v) is 7.40.